The number of pyridine rings is 1. The van der Waals surface area contributed by atoms with E-state index in [9.17, 15) is 4.21 Å². The van der Waals surface area contributed by atoms with Gasteiger partial charge in [0.15, 0.2) is 11.6 Å². The number of nitrogen functional groups attached to an aromatic ring is 1. The molecule has 11 heteroatoms. The van der Waals surface area contributed by atoms with Gasteiger partial charge in [-0.15, -0.1) is 0 Å². The Bertz CT molecular complexity index is 1080. The van der Waals surface area contributed by atoms with Gasteiger partial charge in [0, 0.05) is 40.4 Å². The normalized spacial score (nSPS) is 23.6. The highest BCUT2D eigenvalue weighted by Crippen LogP contribution is 2.38. The fraction of sp³-hybridized carbons (Fsp3) is 0.550. The lowest BCUT2D eigenvalue weighted by atomic mass is 10.1. The Kier molecular flexibility index (Phi) is 6.11. The van der Waals surface area contributed by atoms with Crippen molar-refractivity contribution in [2.75, 3.05) is 49.4 Å². The number of likely N-dealkylation sites (N-methyl/N-ethyl adjacent to an activating group) is 1. The lowest BCUT2D eigenvalue weighted by Crippen LogP contribution is -2.44. The summed E-state index contributed by atoms with van der Waals surface area (Å²) in [5.74, 6) is 1.90. The van der Waals surface area contributed by atoms with E-state index in [1.807, 2.05) is 13.0 Å². The molecule has 0 saturated carbocycles. The molecular weight excluding hydrogens is 418 g/mol. The van der Waals surface area contributed by atoms with Crippen LogP contribution in [0.4, 0.5) is 17.5 Å². The Hall–Kier alpha value is -2.34. The van der Waals surface area contributed by atoms with Gasteiger partial charge in [0.2, 0.25) is 0 Å². The first-order valence-corrected chi connectivity index (χ1v) is 12.6. The molecule has 0 aromatic carbocycles. The average Bonchev–Trinajstić information content (AvgIpc) is 3.46. The first kappa shape index (κ1) is 21.9. The topological polar surface area (TPSA) is 131 Å². The Balaban J connectivity index is 1.77. The van der Waals surface area contributed by atoms with Crippen molar-refractivity contribution in [2.24, 2.45) is 4.36 Å². The molecule has 31 heavy (non-hydrogen) atoms. The lowest BCUT2D eigenvalue weighted by molar-refractivity contribution is 0.0985. The summed E-state index contributed by atoms with van der Waals surface area (Å²) in [4.78, 5) is 15.9. The zero-order valence-corrected chi connectivity index (χ0v) is 19.1. The molecule has 3 atom stereocenters. The quantitative estimate of drug-likeness (QED) is 0.635. The van der Waals surface area contributed by atoms with Crippen molar-refractivity contribution in [2.45, 2.75) is 32.2 Å². The molecule has 2 aromatic rings. The van der Waals surface area contributed by atoms with Crippen molar-refractivity contribution in [3.05, 3.63) is 23.9 Å². The van der Waals surface area contributed by atoms with Crippen molar-refractivity contribution in [1.82, 2.24) is 20.3 Å². The second kappa shape index (κ2) is 8.65. The largest absolute Gasteiger partial charge is 0.384 e. The number of morpholine rings is 1. The highest BCUT2D eigenvalue weighted by Gasteiger charge is 2.41. The van der Waals surface area contributed by atoms with Crippen LogP contribution >= 0.6 is 0 Å². The summed E-state index contributed by atoms with van der Waals surface area (Å²) in [6.07, 6.45) is 2.95. The number of aromatic nitrogens is 3. The van der Waals surface area contributed by atoms with Gasteiger partial charge >= 0.3 is 0 Å². The molecule has 4 rings (SSSR count). The van der Waals surface area contributed by atoms with E-state index in [4.69, 9.17) is 20.2 Å². The Labute approximate surface area is 182 Å². The number of nitrogens with one attached hydrogen (secondary N) is 1. The zero-order valence-electron chi connectivity index (χ0n) is 18.2. The van der Waals surface area contributed by atoms with Gasteiger partial charge in [-0.1, -0.05) is 6.92 Å². The number of rotatable bonds is 6. The van der Waals surface area contributed by atoms with E-state index < -0.39 is 9.73 Å². The molecule has 0 radical (unpaired) electrons. The minimum absolute atomic E-state index is 0.0657. The van der Waals surface area contributed by atoms with E-state index in [2.05, 4.69) is 31.5 Å². The molecule has 0 aliphatic carbocycles. The third-order valence-electron chi connectivity index (χ3n) is 4.99. The van der Waals surface area contributed by atoms with Crippen LogP contribution < -0.4 is 16.0 Å². The predicted molar refractivity (Wildman–Crippen MR) is 121 cm³/mol. The second-order valence-electron chi connectivity index (χ2n) is 8.04. The predicted octanol–water partition coefficient (Wildman–Crippen LogP) is 1.71. The summed E-state index contributed by atoms with van der Waals surface area (Å²) in [7, 11) is -2.39. The van der Waals surface area contributed by atoms with Crippen LogP contribution in [0, 0.1) is 0 Å². The van der Waals surface area contributed by atoms with Crippen LogP contribution in [-0.2, 0) is 19.2 Å². The highest BCUT2D eigenvalue weighted by molar-refractivity contribution is 7.92. The number of hydrogen-bond acceptors (Lipinski definition) is 10. The Morgan fingerprint density at radius 1 is 1.29 bits per heavy atom. The molecule has 3 N–H and O–H groups in total. The van der Waals surface area contributed by atoms with Crippen molar-refractivity contribution in [1.29, 1.82) is 0 Å². The third kappa shape index (κ3) is 5.29. The molecule has 2 aromatic heterocycles. The summed E-state index contributed by atoms with van der Waals surface area (Å²) in [6.45, 7) is 6.83. The van der Waals surface area contributed by atoms with E-state index in [0.29, 0.717) is 48.6 Å². The maximum Gasteiger partial charge on any atom is 0.167 e. The van der Waals surface area contributed by atoms with E-state index in [1.165, 1.54) is 0 Å². The lowest BCUT2D eigenvalue weighted by Gasteiger charge is -2.34. The van der Waals surface area contributed by atoms with Gasteiger partial charge in [0.05, 0.1) is 24.9 Å². The van der Waals surface area contributed by atoms with E-state index in [-0.39, 0.29) is 18.4 Å². The summed E-state index contributed by atoms with van der Waals surface area (Å²) in [5.41, 5.74) is 7.52. The zero-order chi connectivity index (χ0) is 22.2. The van der Waals surface area contributed by atoms with Gasteiger partial charge in [-0.2, -0.15) is 4.36 Å². The van der Waals surface area contributed by atoms with Crippen LogP contribution in [0.1, 0.15) is 25.6 Å². The van der Waals surface area contributed by atoms with Gasteiger partial charge in [-0.3, -0.25) is 5.32 Å². The van der Waals surface area contributed by atoms with E-state index in [0.717, 1.165) is 12.2 Å². The molecule has 0 spiro atoms. The van der Waals surface area contributed by atoms with Crippen LogP contribution in [0.5, 0.6) is 0 Å². The van der Waals surface area contributed by atoms with Crippen LogP contribution in [0.25, 0.3) is 11.4 Å². The first-order valence-electron chi connectivity index (χ1n) is 10.3. The molecule has 2 aliphatic rings. The first-order chi connectivity index (χ1) is 14.7. The summed E-state index contributed by atoms with van der Waals surface area (Å²) in [5, 5.41) is 3.24. The molecule has 2 saturated heterocycles. The fourth-order valence-corrected chi connectivity index (χ4v) is 4.12. The molecule has 0 amide bonds. The molecule has 0 bridgehead atoms. The van der Waals surface area contributed by atoms with Gasteiger partial charge in [-0.25, -0.2) is 19.2 Å². The smallest absolute Gasteiger partial charge is 0.167 e. The van der Waals surface area contributed by atoms with Crippen molar-refractivity contribution >= 4 is 27.2 Å². The van der Waals surface area contributed by atoms with Gasteiger partial charge < -0.3 is 20.1 Å². The van der Waals surface area contributed by atoms with E-state index >= 15 is 0 Å². The molecule has 2 unspecified atom stereocenters. The van der Waals surface area contributed by atoms with Gasteiger partial charge in [-0.05, 0) is 25.6 Å². The highest BCUT2D eigenvalue weighted by atomic mass is 32.2. The minimum Gasteiger partial charge on any atom is -0.384 e. The average molecular weight is 448 g/mol. The molecule has 10 nitrogen and oxygen atoms in total. The maximum absolute atomic E-state index is 12.3. The number of hydrogen-bond donors (Lipinski definition) is 2. The molecule has 2 aliphatic heterocycles. The Morgan fingerprint density at radius 2 is 2.10 bits per heavy atom. The summed E-state index contributed by atoms with van der Waals surface area (Å²) in [6, 6.07) is 5.54. The third-order valence-corrected chi connectivity index (χ3v) is 5.61. The molecule has 2 fully saturated rings. The van der Waals surface area contributed by atoms with E-state index in [1.54, 1.807) is 24.6 Å². The number of nitrogens with zero attached hydrogens (tertiary/aromatic N) is 5. The Morgan fingerprint density at radius 3 is 2.81 bits per heavy atom. The minimum atomic E-state index is -2.39. The molecule has 168 valence electrons. The summed E-state index contributed by atoms with van der Waals surface area (Å²) >= 11 is 0. The molecule has 4 heterocycles. The number of nitrogens with two attached hydrogens (primary N) is 1. The molecular formula is C20H29N7O3S. The number of anilines is 2. The van der Waals surface area contributed by atoms with Crippen molar-refractivity contribution in [3.8, 4) is 11.4 Å². The van der Waals surface area contributed by atoms with Crippen molar-refractivity contribution < 1.29 is 13.7 Å². The SMILES string of the molecule is CCNC1OC1c1cc(-c2nc(N=S(C)(C)=O)cc(N3CCOC[C@H]3C)n2)cc(N)n1. The summed E-state index contributed by atoms with van der Waals surface area (Å²) < 4.78 is 27.9. The maximum atomic E-state index is 12.3. The monoisotopic (exact) mass is 447 g/mol. The van der Waals surface area contributed by atoms with Crippen LogP contribution in [0.2, 0.25) is 0 Å². The van der Waals surface area contributed by atoms with Crippen LogP contribution in [0.15, 0.2) is 22.6 Å². The fourth-order valence-electron chi connectivity index (χ4n) is 3.58. The van der Waals surface area contributed by atoms with Crippen LogP contribution in [0.3, 0.4) is 0 Å². The standard InChI is InChI=1S/C20H29N7O3S/c1-5-22-20-18(30-20)14-8-13(9-15(21)23-14)19-24-16(26-31(3,4)28)10-17(25-19)27-6-7-29-11-12(27)2/h8-10,12,18,20,22H,5-7,11H2,1-4H3,(H2,21,23)/t12-,18?,20?/m1/s1. The van der Waals surface area contributed by atoms with Gasteiger partial charge in [0.25, 0.3) is 0 Å². The van der Waals surface area contributed by atoms with Crippen molar-refractivity contribution in [3.63, 3.8) is 0 Å². The second-order valence-corrected chi connectivity index (χ2v) is 10.6. The number of epoxide rings is 1. The van der Waals surface area contributed by atoms with Gasteiger partial charge in [0.1, 0.15) is 24.0 Å². The number of ether oxygens (including phenoxy) is 2. The van der Waals surface area contributed by atoms with Crippen LogP contribution in [-0.4, -0.2) is 70.2 Å².